The molecule has 2 fully saturated rings. The average molecular weight is 317 g/mol. The lowest BCUT2D eigenvalue weighted by atomic mass is 10.0. The summed E-state index contributed by atoms with van der Waals surface area (Å²) in [6, 6.07) is 8.33. The molecule has 2 heterocycles. The molecule has 0 aliphatic carbocycles. The first-order valence-electron chi connectivity index (χ1n) is 8.68. The van der Waals surface area contributed by atoms with Gasteiger partial charge in [-0.2, -0.15) is 0 Å². The summed E-state index contributed by atoms with van der Waals surface area (Å²) in [4.78, 5) is 14.5. The second-order valence-electron chi connectivity index (χ2n) is 6.68. The standard InChI is InChI=1S/C18H27N3O2/c22-17-6-9-21(10-7-17)13-16-4-2-1-3-14(16)12-20-18(23)15-5-8-19-11-15/h1-4,15,17,19,22H,5-13H2,(H,20,23)/t15-/m1/s1. The van der Waals surface area contributed by atoms with Gasteiger partial charge < -0.3 is 15.7 Å². The second-order valence-corrected chi connectivity index (χ2v) is 6.68. The predicted octanol–water partition coefficient (Wildman–Crippen LogP) is 0.869. The molecule has 3 rings (SSSR count). The van der Waals surface area contributed by atoms with Crippen molar-refractivity contribution in [2.75, 3.05) is 26.2 Å². The molecule has 0 spiro atoms. The highest BCUT2D eigenvalue weighted by Crippen LogP contribution is 2.17. The van der Waals surface area contributed by atoms with Crippen LogP contribution in [0.25, 0.3) is 0 Å². The first kappa shape index (κ1) is 16.4. The molecule has 2 aliphatic rings. The van der Waals surface area contributed by atoms with Crippen molar-refractivity contribution in [1.29, 1.82) is 0 Å². The van der Waals surface area contributed by atoms with E-state index in [2.05, 4.69) is 33.7 Å². The van der Waals surface area contributed by atoms with E-state index in [4.69, 9.17) is 0 Å². The highest BCUT2D eigenvalue weighted by atomic mass is 16.3. The Balaban J connectivity index is 1.55. The van der Waals surface area contributed by atoms with Crippen molar-refractivity contribution in [2.45, 2.75) is 38.5 Å². The van der Waals surface area contributed by atoms with E-state index < -0.39 is 0 Å². The fourth-order valence-electron chi connectivity index (χ4n) is 3.41. The highest BCUT2D eigenvalue weighted by Gasteiger charge is 2.22. The quantitative estimate of drug-likeness (QED) is 0.754. The van der Waals surface area contributed by atoms with Gasteiger partial charge >= 0.3 is 0 Å². The lowest BCUT2D eigenvalue weighted by Crippen LogP contribution is -2.36. The Labute approximate surface area is 138 Å². The molecule has 1 atom stereocenters. The SMILES string of the molecule is O=C(NCc1ccccc1CN1CCC(O)CC1)[C@@H]1CCNC1. The van der Waals surface area contributed by atoms with Crippen LogP contribution in [0.5, 0.6) is 0 Å². The molecule has 1 aromatic carbocycles. The van der Waals surface area contributed by atoms with Crippen molar-refractivity contribution in [1.82, 2.24) is 15.5 Å². The number of amides is 1. The number of benzene rings is 1. The largest absolute Gasteiger partial charge is 0.393 e. The van der Waals surface area contributed by atoms with E-state index in [1.165, 1.54) is 11.1 Å². The number of carbonyl (C=O) groups excluding carboxylic acids is 1. The number of likely N-dealkylation sites (tertiary alicyclic amines) is 1. The molecule has 126 valence electrons. The molecule has 0 unspecified atom stereocenters. The van der Waals surface area contributed by atoms with Gasteiger partial charge in [0.1, 0.15) is 0 Å². The fourth-order valence-corrected chi connectivity index (χ4v) is 3.41. The summed E-state index contributed by atoms with van der Waals surface area (Å²) in [5.41, 5.74) is 2.46. The molecular weight excluding hydrogens is 290 g/mol. The van der Waals surface area contributed by atoms with Gasteiger partial charge in [-0.05, 0) is 36.9 Å². The first-order chi connectivity index (χ1) is 11.2. The van der Waals surface area contributed by atoms with Crippen LogP contribution in [-0.2, 0) is 17.9 Å². The number of nitrogens with zero attached hydrogens (tertiary/aromatic N) is 1. The minimum absolute atomic E-state index is 0.116. The molecular formula is C18H27N3O2. The molecule has 23 heavy (non-hydrogen) atoms. The van der Waals surface area contributed by atoms with Gasteiger partial charge in [0.15, 0.2) is 0 Å². The molecule has 5 nitrogen and oxygen atoms in total. The number of hydrogen-bond donors (Lipinski definition) is 3. The van der Waals surface area contributed by atoms with Gasteiger partial charge in [0, 0.05) is 32.7 Å². The summed E-state index contributed by atoms with van der Waals surface area (Å²) >= 11 is 0. The van der Waals surface area contributed by atoms with Gasteiger partial charge in [-0.15, -0.1) is 0 Å². The summed E-state index contributed by atoms with van der Waals surface area (Å²) < 4.78 is 0. The maximum atomic E-state index is 12.2. The number of aliphatic hydroxyl groups is 1. The Hall–Kier alpha value is -1.43. The van der Waals surface area contributed by atoms with Gasteiger partial charge in [0.2, 0.25) is 5.91 Å². The molecule has 3 N–H and O–H groups in total. The second kappa shape index (κ2) is 7.90. The monoisotopic (exact) mass is 317 g/mol. The van der Waals surface area contributed by atoms with Crippen molar-refractivity contribution in [2.24, 2.45) is 5.92 Å². The van der Waals surface area contributed by atoms with Crippen molar-refractivity contribution >= 4 is 5.91 Å². The third-order valence-corrected chi connectivity index (χ3v) is 4.95. The number of nitrogens with one attached hydrogen (secondary N) is 2. The maximum Gasteiger partial charge on any atom is 0.224 e. The van der Waals surface area contributed by atoms with E-state index in [0.717, 1.165) is 52.0 Å². The molecule has 0 aromatic heterocycles. The van der Waals surface area contributed by atoms with Crippen LogP contribution in [0, 0.1) is 5.92 Å². The summed E-state index contributed by atoms with van der Waals surface area (Å²) in [6.45, 7) is 5.11. The number of carbonyl (C=O) groups is 1. The van der Waals surface area contributed by atoms with Crippen LogP contribution in [0.1, 0.15) is 30.4 Å². The van der Waals surface area contributed by atoms with Crippen LogP contribution in [0.2, 0.25) is 0 Å². The lowest BCUT2D eigenvalue weighted by molar-refractivity contribution is -0.124. The Morgan fingerprint density at radius 1 is 1.22 bits per heavy atom. The number of piperidine rings is 1. The smallest absolute Gasteiger partial charge is 0.224 e. The molecule has 2 aliphatic heterocycles. The van der Waals surface area contributed by atoms with Gasteiger partial charge in [-0.25, -0.2) is 0 Å². The maximum absolute atomic E-state index is 12.2. The zero-order valence-electron chi connectivity index (χ0n) is 13.6. The Kier molecular flexibility index (Phi) is 5.65. The number of aliphatic hydroxyl groups excluding tert-OH is 1. The summed E-state index contributed by atoms with van der Waals surface area (Å²) in [5.74, 6) is 0.275. The normalized spacial score (nSPS) is 23.1. The van der Waals surface area contributed by atoms with Crippen LogP contribution < -0.4 is 10.6 Å². The summed E-state index contributed by atoms with van der Waals surface area (Å²) in [7, 11) is 0. The predicted molar refractivity (Wildman–Crippen MR) is 89.8 cm³/mol. The van der Waals surface area contributed by atoms with Crippen molar-refractivity contribution in [3.05, 3.63) is 35.4 Å². The van der Waals surface area contributed by atoms with Crippen LogP contribution in [0.15, 0.2) is 24.3 Å². The van der Waals surface area contributed by atoms with Crippen molar-refractivity contribution in [3.8, 4) is 0 Å². The number of rotatable bonds is 5. The average Bonchev–Trinajstić information content (AvgIpc) is 3.10. The van der Waals surface area contributed by atoms with E-state index in [1.54, 1.807) is 0 Å². The van der Waals surface area contributed by atoms with Crippen LogP contribution in [0.4, 0.5) is 0 Å². The van der Waals surface area contributed by atoms with Crippen molar-refractivity contribution < 1.29 is 9.90 Å². The van der Waals surface area contributed by atoms with E-state index in [9.17, 15) is 9.90 Å². The Bertz CT molecular complexity index is 521. The Morgan fingerprint density at radius 3 is 2.65 bits per heavy atom. The van der Waals surface area contributed by atoms with E-state index in [0.29, 0.717) is 6.54 Å². The lowest BCUT2D eigenvalue weighted by Gasteiger charge is -2.30. The van der Waals surface area contributed by atoms with Crippen molar-refractivity contribution in [3.63, 3.8) is 0 Å². The molecule has 5 heteroatoms. The first-order valence-corrected chi connectivity index (χ1v) is 8.68. The number of hydrogen-bond acceptors (Lipinski definition) is 4. The van der Waals surface area contributed by atoms with Crippen LogP contribution in [0.3, 0.4) is 0 Å². The minimum Gasteiger partial charge on any atom is -0.393 e. The molecule has 1 amide bonds. The molecule has 1 aromatic rings. The zero-order chi connectivity index (χ0) is 16.1. The summed E-state index contributed by atoms with van der Waals surface area (Å²) in [6.07, 6.45) is 2.51. The fraction of sp³-hybridized carbons (Fsp3) is 0.611. The molecule has 2 saturated heterocycles. The van der Waals surface area contributed by atoms with E-state index in [-0.39, 0.29) is 17.9 Å². The van der Waals surface area contributed by atoms with Gasteiger partial charge in [0.25, 0.3) is 0 Å². The molecule has 0 saturated carbocycles. The van der Waals surface area contributed by atoms with Gasteiger partial charge in [-0.1, -0.05) is 24.3 Å². The molecule has 0 bridgehead atoms. The zero-order valence-corrected chi connectivity index (χ0v) is 13.6. The third kappa shape index (κ3) is 4.53. The van der Waals surface area contributed by atoms with Crippen LogP contribution >= 0.6 is 0 Å². The Morgan fingerprint density at radius 2 is 1.96 bits per heavy atom. The molecule has 0 radical (unpaired) electrons. The third-order valence-electron chi connectivity index (χ3n) is 4.95. The summed E-state index contributed by atoms with van der Waals surface area (Å²) in [5, 5.41) is 15.9. The highest BCUT2D eigenvalue weighted by molar-refractivity contribution is 5.79. The van der Waals surface area contributed by atoms with Gasteiger partial charge in [-0.3, -0.25) is 9.69 Å². The van der Waals surface area contributed by atoms with Crippen LogP contribution in [-0.4, -0.2) is 48.2 Å². The minimum atomic E-state index is -0.138. The van der Waals surface area contributed by atoms with E-state index in [1.807, 2.05) is 6.07 Å². The van der Waals surface area contributed by atoms with Gasteiger partial charge in [0.05, 0.1) is 12.0 Å². The van der Waals surface area contributed by atoms with E-state index >= 15 is 0 Å². The topological polar surface area (TPSA) is 64.6 Å².